The summed E-state index contributed by atoms with van der Waals surface area (Å²) in [5.41, 5.74) is 9.83. The zero-order valence-electron chi connectivity index (χ0n) is 14.2. The first-order chi connectivity index (χ1) is 10.8. The molecule has 124 valence electrons. The Kier molecular flexibility index (Phi) is 4.15. The number of nitrogens with two attached hydrogens (primary N) is 1. The molecule has 0 unspecified atom stereocenters. The maximum absolute atomic E-state index is 12.7. The van der Waals surface area contributed by atoms with Crippen LogP contribution in [0.15, 0.2) is 18.3 Å². The summed E-state index contributed by atoms with van der Waals surface area (Å²) < 4.78 is 0. The van der Waals surface area contributed by atoms with Gasteiger partial charge in [-0.15, -0.1) is 0 Å². The molecule has 1 atom stereocenters. The minimum atomic E-state index is -0.400. The van der Waals surface area contributed by atoms with Gasteiger partial charge in [-0.25, -0.2) is 0 Å². The van der Waals surface area contributed by atoms with Gasteiger partial charge >= 0.3 is 0 Å². The summed E-state index contributed by atoms with van der Waals surface area (Å²) in [6, 6.07) is 3.80. The number of aromatic nitrogens is 2. The van der Waals surface area contributed by atoms with Crippen LogP contribution in [-0.4, -0.2) is 33.6 Å². The first-order valence-corrected chi connectivity index (χ1v) is 8.33. The normalized spacial score (nSPS) is 19.6. The molecule has 0 bridgehead atoms. The van der Waals surface area contributed by atoms with E-state index in [4.69, 9.17) is 5.73 Å². The van der Waals surface area contributed by atoms with Crippen molar-refractivity contribution in [1.29, 1.82) is 0 Å². The third-order valence-electron chi connectivity index (χ3n) is 4.67. The number of rotatable bonds is 2. The second-order valence-corrected chi connectivity index (χ2v) is 7.75. The molecule has 1 aromatic carbocycles. The monoisotopic (exact) mass is 314 g/mol. The Bertz CT molecular complexity index is 713. The van der Waals surface area contributed by atoms with Crippen molar-refractivity contribution in [3.63, 3.8) is 0 Å². The third kappa shape index (κ3) is 3.39. The number of fused-ring (bicyclic) bond motifs is 3. The van der Waals surface area contributed by atoms with Crippen molar-refractivity contribution in [2.45, 2.75) is 52.6 Å². The number of hydrogen-bond donors (Lipinski definition) is 2. The first kappa shape index (κ1) is 16.0. The minimum Gasteiger partial charge on any atom is -0.337 e. The van der Waals surface area contributed by atoms with Gasteiger partial charge in [0, 0.05) is 18.5 Å². The molecule has 1 amide bonds. The lowest BCUT2D eigenvalue weighted by molar-refractivity contribution is -0.133. The molecule has 0 aliphatic carbocycles. The van der Waals surface area contributed by atoms with Gasteiger partial charge in [-0.1, -0.05) is 26.8 Å². The van der Waals surface area contributed by atoms with Gasteiger partial charge in [0.1, 0.15) is 0 Å². The number of nitrogens with one attached hydrogen (secondary N) is 1. The Morgan fingerprint density at radius 2 is 2.17 bits per heavy atom. The largest absolute Gasteiger partial charge is 0.337 e. The summed E-state index contributed by atoms with van der Waals surface area (Å²) in [6.07, 6.45) is 4.36. The number of aryl methyl sites for hydroxylation is 1. The van der Waals surface area contributed by atoms with Gasteiger partial charge in [-0.2, -0.15) is 5.10 Å². The van der Waals surface area contributed by atoms with Gasteiger partial charge in [0.2, 0.25) is 5.91 Å². The highest BCUT2D eigenvalue weighted by atomic mass is 16.2. The molecule has 5 heteroatoms. The molecule has 0 saturated carbocycles. The number of H-pyrrole nitrogens is 1. The molecule has 5 nitrogen and oxygen atoms in total. The lowest BCUT2D eigenvalue weighted by atomic mass is 9.90. The third-order valence-corrected chi connectivity index (χ3v) is 4.67. The Hall–Kier alpha value is -1.88. The van der Waals surface area contributed by atoms with E-state index in [2.05, 4.69) is 43.1 Å². The van der Waals surface area contributed by atoms with Crippen molar-refractivity contribution < 1.29 is 4.79 Å². The summed E-state index contributed by atoms with van der Waals surface area (Å²) in [6.45, 7) is 7.95. The minimum absolute atomic E-state index is 0.0698. The molecule has 2 aromatic rings. The summed E-state index contributed by atoms with van der Waals surface area (Å²) in [4.78, 5) is 14.6. The van der Waals surface area contributed by atoms with Crippen LogP contribution >= 0.6 is 0 Å². The highest BCUT2D eigenvalue weighted by molar-refractivity contribution is 5.86. The molecule has 2 heterocycles. The fraction of sp³-hybridized carbons (Fsp3) is 0.556. The topological polar surface area (TPSA) is 75.0 Å². The van der Waals surface area contributed by atoms with E-state index in [0.717, 1.165) is 30.3 Å². The quantitative estimate of drug-likeness (QED) is 0.894. The van der Waals surface area contributed by atoms with E-state index in [1.54, 1.807) is 0 Å². The number of carbonyl (C=O) groups is 1. The average Bonchev–Trinajstić information content (AvgIpc) is 2.95. The second-order valence-electron chi connectivity index (χ2n) is 7.75. The maximum atomic E-state index is 12.7. The van der Waals surface area contributed by atoms with E-state index in [0.29, 0.717) is 13.0 Å². The van der Waals surface area contributed by atoms with Gasteiger partial charge in [-0.3, -0.25) is 9.89 Å². The molecule has 0 radical (unpaired) electrons. The molecule has 3 rings (SSSR count). The summed E-state index contributed by atoms with van der Waals surface area (Å²) in [5, 5.41) is 8.29. The summed E-state index contributed by atoms with van der Waals surface area (Å²) >= 11 is 0. The van der Waals surface area contributed by atoms with E-state index in [9.17, 15) is 4.79 Å². The van der Waals surface area contributed by atoms with Gasteiger partial charge in [0.15, 0.2) is 0 Å². The van der Waals surface area contributed by atoms with Crippen LogP contribution in [0.5, 0.6) is 0 Å². The predicted octanol–water partition coefficient (Wildman–Crippen LogP) is 2.60. The van der Waals surface area contributed by atoms with Crippen LogP contribution in [0.1, 0.15) is 44.7 Å². The lowest BCUT2D eigenvalue weighted by Crippen LogP contribution is -2.45. The molecule has 1 aromatic heterocycles. The Balaban J connectivity index is 1.96. The van der Waals surface area contributed by atoms with E-state index in [1.807, 2.05) is 11.1 Å². The van der Waals surface area contributed by atoms with Crippen molar-refractivity contribution in [2.75, 3.05) is 6.54 Å². The first-order valence-electron chi connectivity index (χ1n) is 8.33. The highest BCUT2D eigenvalue weighted by Crippen LogP contribution is 2.27. The van der Waals surface area contributed by atoms with Crippen molar-refractivity contribution >= 4 is 16.8 Å². The Labute approximate surface area is 137 Å². The zero-order valence-corrected chi connectivity index (χ0v) is 14.2. The molecule has 1 aliphatic rings. The van der Waals surface area contributed by atoms with Crippen LogP contribution in [-0.2, 0) is 17.8 Å². The van der Waals surface area contributed by atoms with Crippen LogP contribution in [0.2, 0.25) is 0 Å². The fourth-order valence-electron chi connectivity index (χ4n) is 3.14. The molecule has 3 N–H and O–H groups in total. The number of hydrogen-bond acceptors (Lipinski definition) is 3. The average molecular weight is 314 g/mol. The van der Waals surface area contributed by atoms with Gasteiger partial charge in [-0.05, 0) is 41.9 Å². The standard InChI is InChI=1S/C18H26N4O/c1-18(2,3)8-9-22-11-14-12(4-6-15(19)17(22)23)5-7-16-13(14)10-20-21-16/h5,7,10,15H,4,6,8-9,11,19H2,1-3H3,(H,20,21)/t15-/m1/s1. The smallest absolute Gasteiger partial charge is 0.239 e. The van der Waals surface area contributed by atoms with Gasteiger partial charge in [0.25, 0.3) is 0 Å². The summed E-state index contributed by atoms with van der Waals surface area (Å²) in [5.74, 6) is 0.0698. The molecule has 0 spiro atoms. The molecular weight excluding hydrogens is 288 g/mol. The van der Waals surface area contributed by atoms with Crippen molar-refractivity contribution in [1.82, 2.24) is 15.1 Å². The molecular formula is C18H26N4O. The number of carbonyl (C=O) groups excluding carboxylic acids is 1. The van der Waals surface area contributed by atoms with Crippen LogP contribution in [0.3, 0.4) is 0 Å². The van der Waals surface area contributed by atoms with Crippen molar-refractivity contribution in [3.05, 3.63) is 29.5 Å². The van der Waals surface area contributed by atoms with Crippen molar-refractivity contribution in [3.8, 4) is 0 Å². The zero-order chi connectivity index (χ0) is 16.6. The van der Waals surface area contributed by atoms with Crippen LogP contribution in [0, 0.1) is 5.41 Å². The predicted molar refractivity (Wildman–Crippen MR) is 91.9 cm³/mol. The highest BCUT2D eigenvalue weighted by Gasteiger charge is 2.27. The van der Waals surface area contributed by atoms with Gasteiger partial charge in [0.05, 0.1) is 17.8 Å². The fourth-order valence-corrected chi connectivity index (χ4v) is 3.14. The SMILES string of the molecule is CC(C)(C)CCN1Cc2c(ccc3[nH]ncc23)CC[C@@H](N)C1=O. The van der Waals surface area contributed by atoms with Gasteiger partial charge < -0.3 is 10.6 Å². The van der Waals surface area contributed by atoms with Crippen LogP contribution in [0.4, 0.5) is 0 Å². The van der Waals surface area contributed by atoms with Crippen LogP contribution < -0.4 is 5.73 Å². The molecule has 1 aliphatic heterocycles. The molecule has 23 heavy (non-hydrogen) atoms. The molecule has 0 saturated heterocycles. The number of nitrogens with zero attached hydrogens (tertiary/aromatic N) is 2. The maximum Gasteiger partial charge on any atom is 0.239 e. The number of amides is 1. The lowest BCUT2D eigenvalue weighted by Gasteiger charge is -2.32. The second kappa shape index (κ2) is 5.96. The van der Waals surface area contributed by atoms with Crippen molar-refractivity contribution in [2.24, 2.45) is 11.1 Å². The number of benzene rings is 1. The Morgan fingerprint density at radius 1 is 1.39 bits per heavy atom. The van der Waals surface area contributed by atoms with E-state index < -0.39 is 6.04 Å². The molecule has 0 fully saturated rings. The van der Waals surface area contributed by atoms with E-state index >= 15 is 0 Å². The van der Waals surface area contributed by atoms with E-state index in [-0.39, 0.29) is 11.3 Å². The summed E-state index contributed by atoms with van der Waals surface area (Å²) in [7, 11) is 0. The van der Waals surface area contributed by atoms with Crippen LogP contribution in [0.25, 0.3) is 10.9 Å². The Morgan fingerprint density at radius 3 is 2.91 bits per heavy atom. The van der Waals surface area contributed by atoms with E-state index in [1.165, 1.54) is 11.1 Å². The number of aromatic amines is 1.